The fourth-order valence-electron chi connectivity index (χ4n) is 1.65. The number of aromatic nitrogens is 2. The lowest BCUT2D eigenvalue weighted by Gasteiger charge is -2.03. The van der Waals surface area contributed by atoms with Crippen molar-refractivity contribution in [2.75, 3.05) is 6.61 Å². The predicted octanol–water partition coefficient (Wildman–Crippen LogP) is 1.25. The van der Waals surface area contributed by atoms with Crippen molar-refractivity contribution in [1.29, 1.82) is 5.26 Å². The fraction of sp³-hybridized carbons (Fsp3) is 0.700. The molecule has 1 aromatic rings. The van der Waals surface area contributed by atoms with Crippen molar-refractivity contribution in [1.82, 2.24) is 10.1 Å². The van der Waals surface area contributed by atoms with Crippen LogP contribution in [0.25, 0.3) is 0 Å². The first-order valence-electron chi connectivity index (χ1n) is 5.18. The van der Waals surface area contributed by atoms with Crippen LogP contribution in [0.4, 0.5) is 0 Å². The van der Waals surface area contributed by atoms with Crippen molar-refractivity contribution in [3.8, 4) is 6.07 Å². The van der Waals surface area contributed by atoms with Gasteiger partial charge in [-0.05, 0) is 12.8 Å². The molecule has 0 saturated carbocycles. The van der Waals surface area contributed by atoms with Crippen LogP contribution >= 0.6 is 0 Å². The molecule has 1 aliphatic rings. The average molecular weight is 207 g/mol. The van der Waals surface area contributed by atoms with Gasteiger partial charge in [0.2, 0.25) is 5.89 Å². The molecule has 0 spiro atoms. The van der Waals surface area contributed by atoms with Crippen molar-refractivity contribution in [2.24, 2.45) is 0 Å². The van der Waals surface area contributed by atoms with Gasteiger partial charge in [-0.15, -0.1) is 0 Å². The molecule has 2 heterocycles. The van der Waals surface area contributed by atoms with E-state index in [4.69, 9.17) is 14.5 Å². The molecule has 0 aromatic carbocycles. The highest BCUT2D eigenvalue weighted by Crippen LogP contribution is 2.15. The van der Waals surface area contributed by atoms with E-state index in [9.17, 15) is 0 Å². The third kappa shape index (κ3) is 2.77. The van der Waals surface area contributed by atoms with Crippen molar-refractivity contribution < 1.29 is 9.26 Å². The second-order valence-electron chi connectivity index (χ2n) is 3.60. The molecule has 1 aromatic heterocycles. The molecule has 5 heteroatoms. The standard InChI is InChI=1S/C10H13N3O2/c11-5-1-4-10-12-9(13-15-10)7-8-3-2-6-14-8/h8H,1-4,6-7H2. The van der Waals surface area contributed by atoms with Gasteiger partial charge in [-0.25, -0.2) is 0 Å². The number of nitriles is 1. The van der Waals surface area contributed by atoms with Gasteiger partial charge in [-0.3, -0.25) is 0 Å². The van der Waals surface area contributed by atoms with Crippen LogP contribution in [0, 0.1) is 11.3 Å². The Hall–Kier alpha value is -1.41. The number of hydrogen-bond acceptors (Lipinski definition) is 5. The smallest absolute Gasteiger partial charge is 0.227 e. The lowest BCUT2D eigenvalue weighted by Crippen LogP contribution is -2.09. The van der Waals surface area contributed by atoms with E-state index >= 15 is 0 Å². The van der Waals surface area contributed by atoms with Gasteiger partial charge in [0.15, 0.2) is 5.82 Å². The molecule has 0 N–H and O–H groups in total. The summed E-state index contributed by atoms with van der Waals surface area (Å²) in [7, 11) is 0. The van der Waals surface area contributed by atoms with E-state index in [0.717, 1.165) is 25.9 Å². The van der Waals surface area contributed by atoms with Crippen LogP contribution in [-0.4, -0.2) is 22.9 Å². The number of aryl methyl sites for hydroxylation is 1. The lowest BCUT2D eigenvalue weighted by molar-refractivity contribution is 0.109. The highest BCUT2D eigenvalue weighted by Gasteiger charge is 2.18. The van der Waals surface area contributed by atoms with Crippen molar-refractivity contribution in [3.63, 3.8) is 0 Å². The summed E-state index contributed by atoms with van der Waals surface area (Å²) < 4.78 is 10.5. The van der Waals surface area contributed by atoms with Crippen LogP contribution in [0.2, 0.25) is 0 Å². The van der Waals surface area contributed by atoms with Crippen molar-refractivity contribution in [2.45, 2.75) is 38.2 Å². The molecule has 0 amide bonds. The lowest BCUT2D eigenvalue weighted by atomic mass is 10.2. The third-order valence-electron chi connectivity index (χ3n) is 2.40. The summed E-state index contributed by atoms with van der Waals surface area (Å²) in [6.45, 7) is 0.837. The number of rotatable bonds is 4. The quantitative estimate of drug-likeness (QED) is 0.742. The van der Waals surface area contributed by atoms with Gasteiger partial charge in [0.1, 0.15) is 0 Å². The molecule has 0 radical (unpaired) electrons. The van der Waals surface area contributed by atoms with Gasteiger partial charge in [-0.1, -0.05) is 5.16 Å². The van der Waals surface area contributed by atoms with E-state index in [1.807, 2.05) is 6.07 Å². The van der Waals surface area contributed by atoms with Gasteiger partial charge >= 0.3 is 0 Å². The Bertz CT molecular complexity index is 350. The highest BCUT2D eigenvalue weighted by atomic mass is 16.5. The van der Waals surface area contributed by atoms with Crippen LogP contribution in [0.15, 0.2) is 4.52 Å². The van der Waals surface area contributed by atoms with Gasteiger partial charge in [0.05, 0.1) is 12.2 Å². The van der Waals surface area contributed by atoms with Crippen molar-refractivity contribution >= 4 is 0 Å². The van der Waals surface area contributed by atoms with Crippen LogP contribution in [0.5, 0.6) is 0 Å². The maximum Gasteiger partial charge on any atom is 0.227 e. The van der Waals surface area contributed by atoms with Crippen LogP contribution in [0.1, 0.15) is 31.0 Å². The Balaban J connectivity index is 1.86. The van der Waals surface area contributed by atoms with E-state index < -0.39 is 0 Å². The predicted molar refractivity (Wildman–Crippen MR) is 50.9 cm³/mol. The summed E-state index contributed by atoms with van der Waals surface area (Å²) in [6.07, 6.45) is 4.10. The van der Waals surface area contributed by atoms with Gasteiger partial charge in [0, 0.05) is 25.9 Å². The van der Waals surface area contributed by atoms with Crippen LogP contribution in [0.3, 0.4) is 0 Å². The monoisotopic (exact) mass is 207 g/mol. The first-order valence-corrected chi connectivity index (χ1v) is 5.18. The van der Waals surface area contributed by atoms with E-state index in [-0.39, 0.29) is 6.10 Å². The van der Waals surface area contributed by atoms with E-state index in [1.165, 1.54) is 0 Å². The molecule has 1 saturated heterocycles. The average Bonchev–Trinajstić information content (AvgIpc) is 2.87. The topological polar surface area (TPSA) is 71.9 Å². The molecule has 0 bridgehead atoms. The maximum atomic E-state index is 8.40. The summed E-state index contributed by atoms with van der Waals surface area (Å²) >= 11 is 0. The molecular weight excluding hydrogens is 194 g/mol. The summed E-state index contributed by atoms with van der Waals surface area (Å²) in [5.41, 5.74) is 0. The third-order valence-corrected chi connectivity index (χ3v) is 2.40. The first kappa shape index (κ1) is 10.1. The maximum absolute atomic E-state index is 8.40. The van der Waals surface area contributed by atoms with Crippen LogP contribution in [-0.2, 0) is 17.6 Å². The summed E-state index contributed by atoms with van der Waals surface area (Å²) in [6, 6.07) is 2.05. The number of ether oxygens (including phenoxy) is 1. The second kappa shape index (κ2) is 4.89. The molecule has 5 nitrogen and oxygen atoms in total. The van der Waals surface area contributed by atoms with E-state index in [0.29, 0.717) is 24.6 Å². The molecule has 1 fully saturated rings. The molecule has 2 rings (SSSR count). The van der Waals surface area contributed by atoms with E-state index in [2.05, 4.69) is 10.1 Å². The zero-order valence-corrected chi connectivity index (χ0v) is 8.48. The minimum Gasteiger partial charge on any atom is -0.378 e. The van der Waals surface area contributed by atoms with Crippen LogP contribution < -0.4 is 0 Å². The van der Waals surface area contributed by atoms with E-state index in [1.54, 1.807) is 0 Å². The van der Waals surface area contributed by atoms with Gasteiger partial charge < -0.3 is 9.26 Å². The molecule has 1 unspecified atom stereocenters. The molecule has 0 aliphatic carbocycles. The van der Waals surface area contributed by atoms with Crippen molar-refractivity contribution in [3.05, 3.63) is 11.7 Å². The molecule has 80 valence electrons. The second-order valence-corrected chi connectivity index (χ2v) is 3.60. The Morgan fingerprint density at radius 3 is 3.20 bits per heavy atom. The largest absolute Gasteiger partial charge is 0.378 e. The number of nitrogens with zero attached hydrogens (tertiary/aromatic N) is 3. The molecule has 15 heavy (non-hydrogen) atoms. The molecular formula is C10H13N3O2. The fourth-order valence-corrected chi connectivity index (χ4v) is 1.65. The summed E-state index contributed by atoms with van der Waals surface area (Å²) in [5.74, 6) is 1.24. The minimum absolute atomic E-state index is 0.242. The Morgan fingerprint density at radius 1 is 1.53 bits per heavy atom. The first-order chi connectivity index (χ1) is 7.38. The summed E-state index contributed by atoms with van der Waals surface area (Å²) in [5, 5.41) is 12.3. The summed E-state index contributed by atoms with van der Waals surface area (Å²) in [4.78, 5) is 4.20. The zero-order chi connectivity index (χ0) is 10.5. The highest BCUT2D eigenvalue weighted by molar-refractivity contribution is 4.91. The Labute approximate surface area is 88.0 Å². The molecule has 1 atom stereocenters. The normalized spacial score (nSPS) is 20.3. The Morgan fingerprint density at radius 2 is 2.47 bits per heavy atom. The Kier molecular flexibility index (Phi) is 3.30. The van der Waals surface area contributed by atoms with Gasteiger partial charge in [0.25, 0.3) is 0 Å². The number of hydrogen-bond donors (Lipinski definition) is 0. The SMILES string of the molecule is N#CCCc1nc(CC2CCCO2)no1. The van der Waals surface area contributed by atoms with Gasteiger partial charge in [-0.2, -0.15) is 10.2 Å². The minimum atomic E-state index is 0.242. The zero-order valence-electron chi connectivity index (χ0n) is 8.48. The molecule has 1 aliphatic heterocycles.